The Bertz CT molecular complexity index is 1070. The molecular weight excluding hydrogens is 376 g/mol. The van der Waals surface area contributed by atoms with Crippen molar-refractivity contribution in [1.29, 1.82) is 0 Å². The van der Waals surface area contributed by atoms with E-state index >= 15 is 0 Å². The van der Waals surface area contributed by atoms with E-state index in [0.29, 0.717) is 25.2 Å². The molecule has 0 saturated heterocycles. The highest BCUT2D eigenvalue weighted by molar-refractivity contribution is 5.79. The highest BCUT2D eigenvalue weighted by atomic mass is 16.1. The van der Waals surface area contributed by atoms with Crippen LogP contribution in [0.5, 0.6) is 0 Å². The lowest BCUT2D eigenvalue weighted by Gasteiger charge is -2.28. The molecule has 7 heteroatoms. The van der Waals surface area contributed by atoms with Crippen LogP contribution < -0.4 is 5.56 Å². The molecule has 2 saturated carbocycles. The number of aromatic amines is 1. The first kappa shape index (κ1) is 19.4. The number of pyridine rings is 1. The number of benzene rings is 1. The van der Waals surface area contributed by atoms with Crippen molar-refractivity contribution in [3.63, 3.8) is 0 Å². The number of hydrogen-bond donors (Lipinski definition) is 1. The van der Waals surface area contributed by atoms with Crippen LogP contribution >= 0.6 is 0 Å². The highest BCUT2D eigenvalue weighted by Gasteiger charge is 2.27. The number of H-pyrrole nitrogens is 1. The van der Waals surface area contributed by atoms with Crippen molar-refractivity contribution in [1.82, 2.24) is 30.1 Å². The first-order valence-corrected chi connectivity index (χ1v) is 11.3. The number of aryl methyl sites for hydroxylation is 1. The van der Waals surface area contributed by atoms with Crippen LogP contribution in [-0.2, 0) is 13.1 Å². The molecule has 0 radical (unpaired) electrons. The molecule has 0 amide bonds. The molecule has 2 aliphatic carbocycles. The highest BCUT2D eigenvalue weighted by Crippen LogP contribution is 2.31. The van der Waals surface area contributed by atoms with E-state index in [2.05, 4.69) is 43.6 Å². The lowest BCUT2D eigenvalue weighted by atomic mass is 10.1. The lowest BCUT2D eigenvalue weighted by molar-refractivity contribution is 0.170. The van der Waals surface area contributed by atoms with Crippen LogP contribution in [0.4, 0.5) is 0 Å². The largest absolute Gasteiger partial charge is 0.322 e. The van der Waals surface area contributed by atoms with Gasteiger partial charge < -0.3 is 4.98 Å². The topological polar surface area (TPSA) is 79.7 Å². The Morgan fingerprint density at radius 1 is 1.07 bits per heavy atom. The maximum atomic E-state index is 12.8. The summed E-state index contributed by atoms with van der Waals surface area (Å²) in [7, 11) is 0. The van der Waals surface area contributed by atoms with Crippen LogP contribution in [0.25, 0.3) is 10.9 Å². The number of hydrogen-bond acceptors (Lipinski definition) is 5. The van der Waals surface area contributed by atoms with Gasteiger partial charge in [0.05, 0.1) is 12.6 Å². The number of nitrogens with one attached hydrogen (secondary N) is 1. The van der Waals surface area contributed by atoms with Crippen molar-refractivity contribution in [3.05, 3.63) is 51.6 Å². The SMILES string of the molecule is Cc1ccc2cc(CN(Cc3nnnn3C3CCCC3)C3CCCC3)c(=O)[nH]c2c1. The van der Waals surface area contributed by atoms with Gasteiger partial charge in [-0.15, -0.1) is 5.10 Å². The van der Waals surface area contributed by atoms with Gasteiger partial charge >= 0.3 is 0 Å². The maximum absolute atomic E-state index is 12.8. The van der Waals surface area contributed by atoms with Crippen LogP contribution in [0.3, 0.4) is 0 Å². The smallest absolute Gasteiger partial charge is 0.252 e. The van der Waals surface area contributed by atoms with Gasteiger partial charge in [-0.3, -0.25) is 9.69 Å². The van der Waals surface area contributed by atoms with E-state index in [0.717, 1.165) is 40.7 Å². The Morgan fingerprint density at radius 2 is 1.83 bits per heavy atom. The van der Waals surface area contributed by atoms with Gasteiger partial charge in [-0.2, -0.15) is 0 Å². The van der Waals surface area contributed by atoms with Crippen LogP contribution in [0, 0.1) is 6.92 Å². The fraction of sp³-hybridized carbons (Fsp3) is 0.565. The van der Waals surface area contributed by atoms with Crippen molar-refractivity contribution in [2.24, 2.45) is 0 Å². The second-order valence-corrected chi connectivity index (χ2v) is 9.04. The third kappa shape index (κ3) is 3.90. The average molecular weight is 407 g/mol. The molecule has 3 aromatic rings. The zero-order valence-electron chi connectivity index (χ0n) is 17.7. The summed E-state index contributed by atoms with van der Waals surface area (Å²) in [5.74, 6) is 0.932. The minimum Gasteiger partial charge on any atom is -0.322 e. The summed E-state index contributed by atoms with van der Waals surface area (Å²) in [5, 5.41) is 13.8. The second-order valence-electron chi connectivity index (χ2n) is 9.04. The zero-order chi connectivity index (χ0) is 20.5. The van der Waals surface area contributed by atoms with Crippen molar-refractivity contribution in [3.8, 4) is 0 Å². The van der Waals surface area contributed by atoms with E-state index in [4.69, 9.17) is 0 Å². The number of nitrogens with zero attached hydrogens (tertiary/aromatic N) is 5. The molecule has 7 nitrogen and oxygen atoms in total. The molecule has 0 atom stereocenters. The van der Waals surface area contributed by atoms with Crippen molar-refractivity contribution >= 4 is 10.9 Å². The number of aromatic nitrogens is 5. The van der Waals surface area contributed by atoms with E-state index in [-0.39, 0.29) is 5.56 Å². The Kier molecular flexibility index (Phi) is 5.37. The normalized spacial score (nSPS) is 18.2. The van der Waals surface area contributed by atoms with Gasteiger partial charge in [-0.1, -0.05) is 37.8 Å². The summed E-state index contributed by atoms with van der Waals surface area (Å²) in [6.07, 6.45) is 9.68. The average Bonchev–Trinajstić information content (AvgIpc) is 3.50. The minimum absolute atomic E-state index is 0.00600. The molecule has 158 valence electrons. The Morgan fingerprint density at radius 3 is 2.63 bits per heavy atom. The molecular formula is C23H30N6O. The fourth-order valence-electron chi connectivity index (χ4n) is 5.21. The van der Waals surface area contributed by atoms with Crippen LogP contribution in [0.15, 0.2) is 29.1 Å². The van der Waals surface area contributed by atoms with Gasteiger partial charge in [0, 0.05) is 23.7 Å². The summed E-state index contributed by atoms with van der Waals surface area (Å²) in [4.78, 5) is 18.4. The van der Waals surface area contributed by atoms with Gasteiger partial charge in [0.1, 0.15) is 0 Å². The van der Waals surface area contributed by atoms with Crippen molar-refractivity contribution < 1.29 is 0 Å². The first-order chi connectivity index (χ1) is 14.7. The van der Waals surface area contributed by atoms with E-state index in [1.165, 1.54) is 38.5 Å². The Labute approximate surface area is 176 Å². The maximum Gasteiger partial charge on any atom is 0.252 e. The monoisotopic (exact) mass is 406 g/mol. The van der Waals surface area contributed by atoms with E-state index in [1.54, 1.807) is 0 Å². The lowest BCUT2D eigenvalue weighted by Crippen LogP contribution is -2.35. The van der Waals surface area contributed by atoms with Crippen molar-refractivity contribution in [2.75, 3.05) is 0 Å². The molecule has 0 unspecified atom stereocenters. The molecule has 0 bridgehead atoms. The van der Waals surface area contributed by atoms with Crippen LogP contribution in [-0.4, -0.2) is 36.1 Å². The Hall–Kier alpha value is -2.54. The van der Waals surface area contributed by atoms with Gasteiger partial charge in [0.2, 0.25) is 0 Å². The van der Waals surface area contributed by atoms with E-state index in [9.17, 15) is 4.79 Å². The molecule has 2 aliphatic rings. The molecule has 30 heavy (non-hydrogen) atoms. The van der Waals surface area contributed by atoms with Gasteiger partial charge in [-0.05, 0) is 66.1 Å². The van der Waals surface area contributed by atoms with Gasteiger partial charge in [0.15, 0.2) is 5.82 Å². The molecule has 0 spiro atoms. The van der Waals surface area contributed by atoms with E-state index in [1.807, 2.05) is 17.7 Å². The predicted octanol–water partition coefficient (Wildman–Crippen LogP) is 3.88. The zero-order valence-corrected chi connectivity index (χ0v) is 17.7. The van der Waals surface area contributed by atoms with E-state index < -0.39 is 0 Å². The number of tetrazole rings is 1. The summed E-state index contributed by atoms with van der Waals surface area (Å²) < 4.78 is 2.04. The molecule has 2 fully saturated rings. The quantitative estimate of drug-likeness (QED) is 0.672. The third-order valence-corrected chi connectivity index (χ3v) is 6.87. The molecule has 1 aromatic carbocycles. The second kappa shape index (κ2) is 8.30. The Balaban J connectivity index is 1.43. The minimum atomic E-state index is 0.00600. The number of fused-ring (bicyclic) bond motifs is 1. The molecule has 1 N–H and O–H groups in total. The summed E-state index contributed by atoms with van der Waals surface area (Å²) in [6.45, 7) is 3.36. The first-order valence-electron chi connectivity index (χ1n) is 11.3. The summed E-state index contributed by atoms with van der Waals surface area (Å²) >= 11 is 0. The van der Waals surface area contributed by atoms with Gasteiger partial charge in [0.25, 0.3) is 5.56 Å². The predicted molar refractivity (Wildman–Crippen MR) is 116 cm³/mol. The summed E-state index contributed by atoms with van der Waals surface area (Å²) in [5.41, 5.74) is 2.88. The molecule has 5 rings (SSSR count). The standard InChI is InChI=1S/C23H30N6O/c1-16-10-11-17-13-18(23(30)24-21(17)12-16)14-28(19-6-2-3-7-19)15-22-25-26-27-29(22)20-8-4-5-9-20/h10-13,19-20H,2-9,14-15H2,1H3,(H,24,30). The third-order valence-electron chi connectivity index (χ3n) is 6.87. The fourth-order valence-corrected chi connectivity index (χ4v) is 5.21. The number of rotatable bonds is 6. The van der Waals surface area contributed by atoms with Crippen LogP contribution in [0.1, 0.15) is 74.4 Å². The summed E-state index contributed by atoms with van der Waals surface area (Å²) in [6, 6.07) is 9.17. The van der Waals surface area contributed by atoms with Crippen molar-refractivity contribution in [2.45, 2.75) is 83.5 Å². The van der Waals surface area contributed by atoms with Gasteiger partial charge in [-0.25, -0.2) is 4.68 Å². The van der Waals surface area contributed by atoms with Crippen LogP contribution in [0.2, 0.25) is 0 Å². The molecule has 2 aromatic heterocycles. The molecule has 2 heterocycles. The molecule has 0 aliphatic heterocycles.